The Bertz CT molecular complexity index is 925. The standard InChI is InChI=1S/C33H48N2O3/c1-2-3-4-5-6-7-8-9-10-11-12-13-14-15-19-22-32(37)34-30-25-23-28(24-26-30)31(36)27-33(38)35-29-20-17-16-18-21-29/h16-18,20-21,23-26H,2-15,19,22,27H2,1H3,(H,34,37)(H,35,38). The van der Waals surface area contributed by atoms with E-state index in [1.165, 1.54) is 83.5 Å². The second-order valence-electron chi connectivity index (χ2n) is 10.3. The van der Waals surface area contributed by atoms with Crippen LogP contribution in [0.5, 0.6) is 0 Å². The van der Waals surface area contributed by atoms with Crippen LogP contribution in [0.1, 0.15) is 126 Å². The Morgan fingerprint density at radius 2 is 0.974 bits per heavy atom. The Kier molecular flexibility index (Phi) is 16.5. The minimum atomic E-state index is -0.345. The third-order valence-corrected chi connectivity index (χ3v) is 6.88. The van der Waals surface area contributed by atoms with Crippen molar-refractivity contribution in [3.8, 4) is 0 Å². The van der Waals surface area contributed by atoms with Gasteiger partial charge in [0.2, 0.25) is 11.8 Å². The van der Waals surface area contributed by atoms with Gasteiger partial charge in [-0.3, -0.25) is 14.4 Å². The van der Waals surface area contributed by atoms with Crippen molar-refractivity contribution in [3.63, 3.8) is 0 Å². The summed E-state index contributed by atoms with van der Waals surface area (Å²) in [6.45, 7) is 2.27. The number of ketones is 1. The fourth-order valence-corrected chi connectivity index (χ4v) is 4.59. The van der Waals surface area contributed by atoms with Gasteiger partial charge in [-0.1, -0.05) is 115 Å². The van der Waals surface area contributed by atoms with Crippen molar-refractivity contribution in [3.05, 3.63) is 60.2 Å². The van der Waals surface area contributed by atoms with Gasteiger partial charge in [0, 0.05) is 23.4 Å². The maximum atomic E-state index is 12.4. The molecule has 2 amide bonds. The number of amides is 2. The molecule has 0 saturated heterocycles. The molecule has 5 heteroatoms. The number of nitrogens with one attached hydrogen (secondary N) is 2. The molecule has 0 fully saturated rings. The Morgan fingerprint density at radius 1 is 0.526 bits per heavy atom. The fourth-order valence-electron chi connectivity index (χ4n) is 4.59. The maximum Gasteiger partial charge on any atom is 0.232 e. The lowest BCUT2D eigenvalue weighted by molar-refractivity contribution is -0.116. The highest BCUT2D eigenvalue weighted by atomic mass is 16.2. The van der Waals surface area contributed by atoms with Gasteiger partial charge >= 0.3 is 0 Å². The first-order valence-electron chi connectivity index (χ1n) is 14.9. The first-order chi connectivity index (χ1) is 18.6. The molecule has 0 atom stereocenters. The van der Waals surface area contributed by atoms with Gasteiger partial charge in [-0.25, -0.2) is 0 Å². The van der Waals surface area contributed by atoms with Gasteiger partial charge in [-0.15, -0.1) is 0 Å². The summed E-state index contributed by atoms with van der Waals surface area (Å²) in [5.41, 5.74) is 1.78. The number of para-hydroxylation sites is 1. The molecule has 0 bridgehead atoms. The summed E-state index contributed by atoms with van der Waals surface area (Å²) in [5.74, 6) is -0.600. The summed E-state index contributed by atoms with van der Waals surface area (Å²) < 4.78 is 0. The van der Waals surface area contributed by atoms with E-state index in [0.29, 0.717) is 23.4 Å². The average molecular weight is 521 g/mol. The number of rotatable bonds is 21. The topological polar surface area (TPSA) is 75.3 Å². The average Bonchev–Trinajstić information content (AvgIpc) is 2.91. The zero-order valence-corrected chi connectivity index (χ0v) is 23.4. The summed E-state index contributed by atoms with van der Waals surface area (Å²) in [4.78, 5) is 36.8. The molecule has 2 N–H and O–H groups in total. The molecule has 0 aliphatic carbocycles. The number of hydrogen-bond donors (Lipinski definition) is 2. The van der Waals surface area contributed by atoms with E-state index in [2.05, 4.69) is 17.6 Å². The first-order valence-corrected chi connectivity index (χ1v) is 14.9. The van der Waals surface area contributed by atoms with E-state index in [1.54, 1.807) is 36.4 Å². The normalized spacial score (nSPS) is 10.8. The summed E-state index contributed by atoms with van der Waals surface area (Å²) in [5, 5.41) is 5.62. The van der Waals surface area contributed by atoms with E-state index in [1.807, 2.05) is 18.2 Å². The second kappa shape index (κ2) is 20.1. The lowest BCUT2D eigenvalue weighted by Crippen LogP contribution is -2.16. The van der Waals surface area contributed by atoms with Crippen LogP contribution in [0.2, 0.25) is 0 Å². The zero-order chi connectivity index (χ0) is 27.3. The van der Waals surface area contributed by atoms with E-state index in [-0.39, 0.29) is 24.0 Å². The number of hydrogen-bond acceptors (Lipinski definition) is 3. The number of benzene rings is 2. The van der Waals surface area contributed by atoms with Gasteiger partial charge in [0.1, 0.15) is 0 Å². The highest BCUT2D eigenvalue weighted by Crippen LogP contribution is 2.15. The molecule has 0 spiro atoms. The monoisotopic (exact) mass is 520 g/mol. The van der Waals surface area contributed by atoms with Crippen LogP contribution < -0.4 is 10.6 Å². The van der Waals surface area contributed by atoms with E-state index in [9.17, 15) is 14.4 Å². The van der Waals surface area contributed by atoms with E-state index >= 15 is 0 Å². The Hall–Kier alpha value is -2.95. The van der Waals surface area contributed by atoms with Crippen LogP contribution in [0.15, 0.2) is 54.6 Å². The van der Waals surface area contributed by atoms with E-state index in [4.69, 9.17) is 0 Å². The number of unbranched alkanes of at least 4 members (excludes halogenated alkanes) is 14. The van der Waals surface area contributed by atoms with Crippen LogP contribution in [0, 0.1) is 0 Å². The van der Waals surface area contributed by atoms with Crippen molar-refractivity contribution < 1.29 is 14.4 Å². The third kappa shape index (κ3) is 14.7. The van der Waals surface area contributed by atoms with Crippen molar-refractivity contribution in [1.82, 2.24) is 0 Å². The number of anilines is 2. The summed E-state index contributed by atoms with van der Waals surface area (Å²) in [7, 11) is 0. The van der Waals surface area contributed by atoms with E-state index < -0.39 is 0 Å². The molecular weight excluding hydrogens is 472 g/mol. The smallest absolute Gasteiger partial charge is 0.232 e. The van der Waals surface area contributed by atoms with Crippen molar-refractivity contribution in [2.75, 3.05) is 10.6 Å². The summed E-state index contributed by atoms with van der Waals surface area (Å²) in [6, 6.07) is 15.8. The lowest BCUT2D eigenvalue weighted by Gasteiger charge is -2.07. The number of Topliss-reactive ketones (excluding diaryl/α,β-unsaturated/α-hetero) is 1. The van der Waals surface area contributed by atoms with Crippen LogP contribution in [0.25, 0.3) is 0 Å². The van der Waals surface area contributed by atoms with Crippen molar-refractivity contribution in [1.29, 1.82) is 0 Å². The lowest BCUT2D eigenvalue weighted by atomic mass is 10.0. The van der Waals surface area contributed by atoms with E-state index in [0.717, 1.165) is 12.8 Å². The quantitative estimate of drug-likeness (QED) is 0.0979. The molecule has 0 aromatic heterocycles. The highest BCUT2D eigenvalue weighted by Gasteiger charge is 2.12. The molecule has 2 rings (SSSR count). The minimum Gasteiger partial charge on any atom is -0.326 e. The molecule has 2 aromatic carbocycles. The molecule has 38 heavy (non-hydrogen) atoms. The molecule has 2 aromatic rings. The molecule has 208 valence electrons. The zero-order valence-electron chi connectivity index (χ0n) is 23.4. The van der Waals surface area contributed by atoms with Gasteiger partial charge in [0.25, 0.3) is 0 Å². The summed E-state index contributed by atoms with van der Waals surface area (Å²) in [6.07, 6.45) is 19.9. The Balaban J connectivity index is 1.48. The first kappa shape index (κ1) is 31.3. The predicted octanol–water partition coefficient (Wildman–Crippen LogP) is 9.10. The van der Waals surface area contributed by atoms with Crippen LogP contribution in [-0.2, 0) is 9.59 Å². The number of carbonyl (C=O) groups excluding carboxylic acids is 3. The maximum absolute atomic E-state index is 12.4. The molecular formula is C33H48N2O3. The molecule has 0 radical (unpaired) electrons. The molecule has 0 aliphatic heterocycles. The Labute approximate surface area is 230 Å². The predicted molar refractivity (Wildman–Crippen MR) is 159 cm³/mol. The molecule has 5 nitrogen and oxygen atoms in total. The van der Waals surface area contributed by atoms with Crippen molar-refractivity contribution >= 4 is 29.0 Å². The summed E-state index contributed by atoms with van der Waals surface area (Å²) >= 11 is 0. The third-order valence-electron chi connectivity index (χ3n) is 6.88. The van der Waals surface area contributed by atoms with Crippen molar-refractivity contribution in [2.24, 2.45) is 0 Å². The molecule has 0 heterocycles. The molecule has 0 unspecified atom stereocenters. The fraction of sp³-hybridized carbons (Fsp3) is 0.545. The molecule has 0 aliphatic rings. The van der Waals surface area contributed by atoms with Gasteiger partial charge in [0.05, 0.1) is 6.42 Å². The minimum absolute atomic E-state index is 0.000935. The van der Waals surface area contributed by atoms with Crippen LogP contribution >= 0.6 is 0 Å². The van der Waals surface area contributed by atoms with Gasteiger partial charge in [-0.05, 0) is 42.8 Å². The van der Waals surface area contributed by atoms with Crippen LogP contribution in [-0.4, -0.2) is 17.6 Å². The van der Waals surface area contributed by atoms with Gasteiger partial charge in [0.15, 0.2) is 5.78 Å². The van der Waals surface area contributed by atoms with Gasteiger partial charge < -0.3 is 10.6 Å². The highest BCUT2D eigenvalue weighted by molar-refractivity contribution is 6.11. The SMILES string of the molecule is CCCCCCCCCCCCCCCCCC(=O)Nc1ccc(C(=O)CC(=O)Nc2ccccc2)cc1. The Morgan fingerprint density at radius 3 is 1.50 bits per heavy atom. The van der Waals surface area contributed by atoms with Crippen LogP contribution in [0.3, 0.4) is 0 Å². The number of carbonyl (C=O) groups is 3. The molecule has 0 saturated carbocycles. The van der Waals surface area contributed by atoms with Crippen LogP contribution in [0.4, 0.5) is 11.4 Å². The van der Waals surface area contributed by atoms with Crippen molar-refractivity contribution in [2.45, 2.75) is 116 Å². The van der Waals surface area contributed by atoms with Gasteiger partial charge in [-0.2, -0.15) is 0 Å². The second-order valence-corrected chi connectivity index (χ2v) is 10.3. The largest absolute Gasteiger partial charge is 0.326 e.